The lowest BCUT2D eigenvalue weighted by atomic mass is 10.1. The van der Waals surface area contributed by atoms with Crippen molar-refractivity contribution in [1.82, 2.24) is 10.3 Å². The second-order valence-corrected chi connectivity index (χ2v) is 5.06. The molecule has 0 aromatic carbocycles. The predicted molar refractivity (Wildman–Crippen MR) is 70.7 cm³/mol. The first kappa shape index (κ1) is 12.5. The lowest BCUT2D eigenvalue weighted by Gasteiger charge is -2.17. The third kappa shape index (κ3) is 4.10. The maximum atomic E-state index is 5.81. The van der Waals surface area contributed by atoms with Crippen molar-refractivity contribution in [1.29, 1.82) is 0 Å². The van der Waals surface area contributed by atoms with E-state index in [4.69, 9.17) is 5.73 Å². The van der Waals surface area contributed by atoms with Crippen LogP contribution in [0.15, 0.2) is 18.3 Å². The zero-order valence-electron chi connectivity index (χ0n) is 10.7. The Morgan fingerprint density at radius 3 is 2.88 bits per heavy atom. The fourth-order valence-corrected chi connectivity index (χ4v) is 2.10. The summed E-state index contributed by atoms with van der Waals surface area (Å²) in [5, 5.41) is 3.52. The summed E-state index contributed by atoms with van der Waals surface area (Å²) >= 11 is 0. The summed E-state index contributed by atoms with van der Waals surface area (Å²) in [6.45, 7) is 3.70. The van der Waals surface area contributed by atoms with Crippen molar-refractivity contribution < 1.29 is 0 Å². The molecule has 17 heavy (non-hydrogen) atoms. The molecular formula is C14H23N3. The van der Waals surface area contributed by atoms with Crippen molar-refractivity contribution in [2.75, 3.05) is 13.1 Å². The number of rotatable bonds is 7. The van der Waals surface area contributed by atoms with Gasteiger partial charge in [-0.15, -0.1) is 0 Å². The number of nitrogens with one attached hydrogen (secondary N) is 1. The van der Waals surface area contributed by atoms with Crippen LogP contribution in [0.2, 0.25) is 0 Å². The Labute approximate surface area is 104 Å². The monoisotopic (exact) mass is 233 g/mol. The van der Waals surface area contributed by atoms with Crippen molar-refractivity contribution in [3.8, 4) is 0 Å². The maximum absolute atomic E-state index is 5.81. The minimum atomic E-state index is 0.252. The van der Waals surface area contributed by atoms with Crippen LogP contribution in [0.3, 0.4) is 0 Å². The van der Waals surface area contributed by atoms with E-state index >= 15 is 0 Å². The number of aryl methyl sites for hydroxylation is 1. The van der Waals surface area contributed by atoms with Crippen molar-refractivity contribution in [3.63, 3.8) is 0 Å². The molecule has 1 unspecified atom stereocenters. The molecule has 0 bridgehead atoms. The fourth-order valence-electron chi connectivity index (χ4n) is 2.10. The van der Waals surface area contributed by atoms with Crippen molar-refractivity contribution in [2.24, 2.45) is 11.7 Å². The fraction of sp³-hybridized carbons (Fsp3) is 0.643. The summed E-state index contributed by atoms with van der Waals surface area (Å²) in [5.41, 5.74) is 8.06. The Morgan fingerprint density at radius 2 is 2.29 bits per heavy atom. The van der Waals surface area contributed by atoms with Gasteiger partial charge < -0.3 is 11.1 Å². The molecule has 0 aliphatic heterocycles. The molecule has 0 spiro atoms. The standard InChI is InChI=1S/C14H23N3/c1-11-4-7-13(10-17-11)14(9-15)16-8-2-3-12-5-6-12/h4,7,10,12,14,16H,2-3,5-6,8-9,15H2,1H3. The first-order chi connectivity index (χ1) is 8.29. The van der Waals surface area contributed by atoms with Crippen LogP contribution in [-0.2, 0) is 0 Å². The van der Waals surface area contributed by atoms with Crippen LogP contribution in [0.1, 0.15) is 43.0 Å². The van der Waals surface area contributed by atoms with Crippen LogP contribution in [0.4, 0.5) is 0 Å². The number of nitrogens with two attached hydrogens (primary N) is 1. The second-order valence-electron chi connectivity index (χ2n) is 5.06. The normalized spacial score (nSPS) is 17.1. The summed E-state index contributed by atoms with van der Waals surface area (Å²) < 4.78 is 0. The number of aromatic nitrogens is 1. The van der Waals surface area contributed by atoms with Crippen LogP contribution in [-0.4, -0.2) is 18.1 Å². The summed E-state index contributed by atoms with van der Waals surface area (Å²) in [4.78, 5) is 4.32. The Kier molecular flexibility index (Phi) is 4.51. The molecule has 2 rings (SSSR count). The largest absolute Gasteiger partial charge is 0.329 e. The quantitative estimate of drug-likeness (QED) is 0.710. The highest BCUT2D eigenvalue weighted by molar-refractivity contribution is 5.17. The maximum Gasteiger partial charge on any atom is 0.0459 e. The van der Waals surface area contributed by atoms with E-state index in [0.29, 0.717) is 6.54 Å². The van der Waals surface area contributed by atoms with Crippen molar-refractivity contribution >= 4 is 0 Å². The molecule has 0 saturated heterocycles. The van der Waals surface area contributed by atoms with Gasteiger partial charge in [-0.25, -0.2) is 0 Å². The summed E-state index contributed by atoms with van der Waals surface area (Å²) in [6.07, 6.45) is 7.46. The molecule has 1 heterocycles. The van der Waals surface area contributed by atoms with Gasteiger partial charge in [0, 0.05) is 24.5 Å². The van der Waals surface area contributed by atoms with E-state index in [-0.39, 0.29) is 6.04 Å². The average molecular weight is 233 g/mol. The lowest BCUT2D eigenvalue weighted by molar-refractivity contribution is 0.511. The van der Waals surface area contributed by atoms with E-state index in [1.807, 2.05) is 19.2 Å². The van der Waals surface area contributed by atoms with Crippen LogP contribution >= 0.6 is 0 Å². The van der Waals surface area contributed by atoms with E-state index in [1.165, 1.54) is 31.2 Å². The molecule has 1 atom stereocenters. The van der Waals surface area contributed by atoms with E-state index in [1.54, 1.807) is 0 Å². The molecule has 1 aromatic rings. The number of hydrogen-bond donors (Lipinski definition) is 2. The van der Waals surface area contributed by atoms with Gasteiger partial charge >= 0.3 is 0 Å². The van der Waals surface area contributed by atoms with E-state index in [9.17, 15) is 0 Å². The van der Waals surface area contributed by atoms with Crippen molar-refractivity contribution in [2.45, 2.75) is 38.6 Å². The van der Waals surface area contributed by atoms with E-state index < -0.39 is 0 Å². The molecular weight excluding hydrogens is 210 g/mol. The van der Waals surface area contributed by atoms with Gasteiger partial charge in [0.1, 0.15) is 0 Å². The molecule has 94 valence electrons. The van der Waals surface area contributed by atoms with E-state index in [0.717, 1.165) is 18.2 Å². The van der Waals surface area contributed by atoms with Gasteiger partial charge in [0.15, 0.2) is 0 Å². The second kappa shape index (κ2) is 6.12. The Bertz CT molecular complexity index is 330. The van der Waals surface area contributed by atoms with Crippen molar-refractivity contribution in [3.05, 3.63) is 29.6 Å². The summed E-state index contributed by atoms with van der Waals surface area (Å²) in [5.74, 6) is 1.02. The molecule has 3 N–H and O–H groups in total. The van der Waals surface area contributed by atoms with Crippen LogP contribution in [0, 0.1) is 12.8 Å². The highest BCUT2D eigenvalue weighted by Crippen LogP contribution is 2.33. The molecule has 3 nitrogen and oxygen atoms in total. The minimum absolute atomic E-state index is 0.252. The first-order valence-electron chi connectivity index (χ1n) is 6.65. The topological polar surface area (TPSA) is 50.9 Å². The first-order valence-corrected chi connectivity index (χ1v) is 6.65. The number of pyridine rings is 1. The third-order valence-corrected chi connectivity index (χ3v) is 3.45. The molecule has 1 aliphatic rings. The van der Waals surface area contributed by atoms with Crippen LogP contribution < -0.4 is 11.1 Å². The summed E-state index contributed by atoms with van der Waals surface area (Å²) in [6, 6.07) is 4.42. The molecule has 3 heteroatoms. The Hall–Kier alpha value is -0.930. The molecule has 1 aliphatic carbocycles. The average Bonchev–Trinajstić information content (AvgIpc) is 3.15. The predicted octanol–water partition coefficient (Wildman–Crippen LogP) is 2.17. The van der Waals surface area contributed by atoms with Gasteiger partial charge in [0.2, 0.25) is 0 Å². The van der Waals surface area contributed by atoms with E-state index in [2.05, 4.69) is 16.4 Å². The molecule has 0 amide bonds. The highest BCUT2D eigenvalue weighted by atomic mass is 14.9. The van der Waals surface area contributed by atoms with Crippen LogP contribution in [0.25, 0.3) is 0 Å². The zero-order valence-corrected chi connectivity index (χ0v) is 10.7. The summed E-state index contributed by atoms with van der Waals surface area (Å²) in [7, 11) is 0. The number of hydrogen-bond acceptors (Lipinski definition) is 3. The van der Waals surface area contributed by atoms with Gasteiger partial charge in [-0.05, 0) is 43.9 Å². The SMILES string of the molecule is Cc1ccc(C(CN)NCCCC2CC2)cn1. The van der Waals surface area contributed by atoms with Gasteiger partial charge in [-0.1, -0.05) is 18.9 Å². The molecule has 0 radical (unpaired) electrons. The lowest BCUT2D eigenvalue weighted by Crippen LogP contribution is -2.29. The molecule has 1 fully saturated rings. The van der Waals surface area contributed by atoms with Gasteiger partial charge in [-0.2, -0.15) is 0 Å². The minimum Gasteiger partial charge on any atom is -0.329 e. The van der Waals surface area contributed by atoms with Crippen LogP contribution in [0.5, 0.6) is 0 Å². The molecule has 1 aromatic heterocycles. The van der Waals surface area contributed by atoms with Gasteiger partial charge in [0.05, 0.1) is 0 Å². The van der Waals surface area contributed by atoms with Gasteiger partial charge in [-0.3, -0.25) is 4.98 Å². The molecule has 1 saturated carbocycles. The van der Waals surface area contributed by atoms with Gasteiger partial charge in [0.25, 0.3) is 0 Å². The number of nitrogens with zero attached hydrogens (tertiary/aromatic N) is 1. The zero-order chi connectivity index (χ0) is 12.1. The highest BCUT2D eigenvalue weighted by Gasteiger charge is 2.20. The Balaban J connectivity index is 1.76. The third-order valence-electron chi connectivity index (χ3n) is 3.45. The smallest absolute Gasteiger partial charge is 0.0459 e. The Morgan fingerprint density at radius 1 is 1.47 bits per heavy atom.